The van der Waals surface area contributed by atoms with Crippen molar-refractivity contribution in [1.82, 2.24) is 24.9 Å². The molecule has 3 heterocycles. The normalized spacial score (nSPS) is 20.7. The monoisotopic (exact) mass is 452 g/mol. The topological polar surface area (TPSA) is 55.8 Å². The summed E-state index contributed by atoms with van der Waals surface area (Å²) in [6.45, 7) is 9.32. The molecular formula is C25H33FN6O. The SMILES string of the molecule is Cc1ccc(-c2ccc(N3CCN(CC(=O)N4CCN(C5CCC5)CC4)CC3)nn2)cc1F. The van der Waals surface area contributed by atoms with Gasteiger partial charge in [-0.15, -0.1) is 10.2 Å². The van der Waals surface area contributed by atoms with Gasteiger partial charge in [0.1, 0.15) is 5.82 Å². The zero-order valence-electron chi connectivity index (χ0n) is 19.4. The molecule has 5 rings (SSSR count). The van der Waals surface area contributed by atoms with E-state index in [1.807, 2.05) is 23.1 Å². The lowest BCUT2D eigenvalue weighted by molar-refractivity contribution is -0.134. The third-order valence-corrected chi connectivity index (χ3v) is 7.43. The van der Waals surface area contributed by atoms with Gasteiger partial charge in [0.15, 0.2) is 5.82 Å². The minimum Gasteiger partial charge on any atom is -0.353 e. The van der Waals surface area contributed by atoms with Gasteiger partial charge in [0, 0.05) is 64.0 Å². The van der Waals surface area contributed by atoms with Crippen LogP contribution in [0.2, 0.25) is 0 Å². The van der Waals surface area contributed by atoms with E-state index in [-0.39, 0.29) is 11.7 Å². The molecule has 0 radical (unpaired) electrons. The first kappa shape index (κ1) is 22.2. The number of halogens is 1. The minimum absolute atomic E-state index is 0.232. The van der Waals surface area contributed by atoms with E-state index in [2.05, 4.69) is 24.9 Å². The third kappa shape index (κ3) is 5.01. The molecule has 1 aliphatic carbocycles. The average molecular weight is 453 g/mol. The lowest BCUT2D eigenvalue weighted by Gasteiger charge is -2.43. The van der Waals surface area contributed by atoms with Crippen molar-refractivity contribution < 1.29 is 9.18 Å². The van der Waals surface area contributed by atoms with Crippen LogP contribution in [0.5, 0.6) is 0 Å². The Balaban J connectivity index is 1.09. The highest BCUT2D eigenvalue weighted by Crippen LogP contribution is 2.25. The summed E-state index contributed by atoms with van der Waals surface area (Å²) in [5.41, 5.74) is 2.02. The third-order valence-electron chi connectivity index (χ3n) is 7.43. The molecule has 0 unspecified atom stereocenters. The zero-order valence-corrected chi connectivity index (χ0v) is 19.4. The number of carbonyl (C=O) groups is 1. The standard InChI is InChI=1S/C25H33FN6O/c1-19-5-6-20(17-22(19)26)23-7-8-24(28-27-23)31-11-9-29(10-12-31)18-25(33)32-15-13-30(14-16-32)21-3-2-4-21/h5-8,17,21H,2-4,9-16,18H2,1H3. The number of aryl methyl sites for hydroxylation is 1. The molecule has 0 atom stereocenters. The maximum atomic E-state index is 13.9. The van der Waals surface area contributed by atoms with Crippen molar-refractivity contribution in [2.45, 2.75) is 32.2 Å². The maximum absolute atomic E-state index is 13.9. The van der Waals surface area contributed by atoms with E-state index in [1.165, 1.54) is 25.3 Å². The zero-order chi connectivity index (χ0) is 22.8. The van der Waals surface area contributed by atoms with Gasteiger partial charge in [-0.25, -0.2) is 4.39 Å². The number of anilines is 1. The summed E-state index contributed by atoms with van der Waals surface area (Å²) >= 11 is 0. The van der Waals surface area contributed by atoms with E-state index in [9.17, 15) is 9.18 Å². The molecule has 1 amide bonds. The quantitative estimate of drug-likeness (QED) is 0.695. The van der Waals surface area contributed by atoms with Crippen LogP contribution in [-0.2, 0) is 4.79 Å². The number of piperazine rings is 2. The predicted molar refractivity (Wildman–Crippen MR) is 127 cm³/mol. The second-order valence-electron chi connectivity index (χ2n) is 9.51. The fraction of sp³-hybridized carbons (Fsp3) is 0.560. The molecule has 0 N–H and O–H groups in total. The van der Waals surface area contributed by atoms with Gasteiger partial charge in [0.2, 0.25) is 5.91 Å². The van der Waals surface area contributed by atoms with Gasteiger partial charge >= 0.3 is 0 Å². The van der Waals surface area contributed by atoms with Gasteiger partial charge in [0.25, 0.3) is 0 Å². The second kappa shape index (κ2) is 9.73. The summed E-state index contributed by atoms with van der Waals surface area (Å²) in [7, 11) is 0. The number of rotatable bonds is 5. The van der Waals surface area contributed by atoms with Crippen LogP contribution in [0.1, 0.15) is 24.8 Å². The highest BCUT2D eigenvalue weighted by molar-refractivity contribution is 5.78. The fourth-order valence-corrected chi connectivity index (χ4v) is 4.91. The Morgan fingerprint density at radius 1 is 0.970 bits per heavy atom. The van der Waals surface area contributed by atoms with Crippen LogP contribution in [-0.4, -0.2) is 95.7 Å². The summed E-state index contributed by atoms with van der Waals surface area (Å²) < 4.78 is 13.9. The van der Waals surface area contributed by atoms with E-state index >= 15 is 0 Å². The Hall–Kier alpha value is -2.58. The number of carbonyl (C=O) groups excluding carboxylic acids is 1. The molecule has 33 heavy (non-hydrogen) atoms. The molecule has 3 aliphatic rings. The number of nitrogens with zero attached hydrogens (tertiary/aromatic N) is 6. The Morgan fingerprint density at radius 2 is 1.73 bits per heavy atom. The molecular weight excluding hydrogens is 419 g/mol. The summed E-state index contributed by atoms with van der Waals surface area (Å²) in [4.78, 5) is 21.8. The first-order valence-electron chi connectivity index (χ1n) is 12.2. The molecule has 0 bridgehead atoms. The number of hydrogen-bond acceptors (Lipinski definition) is 6. The van der Waals surface area contributed by atoms with E-state index in [0.717, 1.165) is 69.8 Å². The number of benzene rings is 1. The molecule has 0 spiro atoms. The van der Waals surface area contributed by atoms with Crippen molar-refractivity contribution in [3.05, 3.63) is 41.7 Å². The molecule has 3 fully saturated rings. The largest absolute Gasteiger partial charge is 0.353 e. The highest BCUT2D eigenvalue weighted by atomic mass is 19.1. The first-order valence-corrected chi connectivity index (χ1v) is 12.2. The Labute approximate surface area is 195 Å². The summed E-state index contributed by atoms with van der Waals surface area (Å²) in [5.74, 6) is 0.847. The molecule has 7 nitrogen and oxygen atoms in total. The summed E-state index contributed by atoms with van der Waals surface area (Å²) in [5, 5.41) is 8.69. The average Bonchev–Trinajstić information content (AvgIpc) is 2.81. The lowest BCUT2D eigenvalue weighted by Crippen LogP contribution is -2.56. The van der Waals surface area contributed by atoms with E-state index < -0.39 is 0 Å². The summed E-state index contributed by atoms with van der Waals surface area (Å²) in [6.07, 6.45) is 4.02. The van der Waals surface area contributed by atoms with Gasteiger partial charge in [-0.05, 0) is 43.5 Å². The van der Waals surface area contributed by atoms with Crippen LogP contribution >= 0.6 is 0 Å². The van der Waals surface area contributed by atoms with Crippen molar-refractivity contribution in [2.75, 3.05) is 63.8 Å². The molecule has 1 saturated carbocycles. The van der Waals surface area contributed by atoms with Crippen molar-refractivity contribution in [3.8, 4) is 11.3 Å². The van der Waals surface area contributed by atoms with Crippen LogP contribution in [0.3, 0.4) is 0 Å². The smallest absolute Gasteiger partial charge is 0.236 e. The molecule has 8 heteroatoms. The first-order chi connectivity index (χ1) is 16.1. The van der Waals surface area contributed by atoms with Crippen LogP contribution in [0.15, 0.2) is 30.3 Å². The molecule has 176 valence electrons. The highest BCUT2D eigenvalue weighted by Gasteiger charge is 2.30. The van der Waals surface area contributed by atoms with Crippen molar-refractivity contribution >= 4 is 11.7 Å². The lowest BCUT2D eigenvalue weighted by atomic mass is 9.91. The van der Waals surface area contributed by atoms with Crippen LogP contribution in [0.25, 0.3) is 11.3 Å². The van der Waals surface area contributed by atoms with Gasteiger partial charge < -0.3 is 9.80 Å². The van der Waals surface area contributed by atoms with E-state index in [4.69, 9.17) is 0 Å². The van der Waals surface area contributed by atoms with Crippen LogP contribution < -0.4 is 4.90 Å². The van der Waals surface area contributed by atoms with Crippen molar-refractivity contribution in [2.24, 2.45) is 0 Å². The minimum atomic E-state index is -0.232. The van der Waals surface area contributed by atoms with Crippen molar-refractivity contribution in [3.63, 3.8) is 0 Å². The molecule has 1 aromatic carbocycles. The maximum Gasteiger partial charge on any atom is 0.236 e. The second-order valence-corrected chi connectivity index (χ2v) is 9.51. The van der Waals surface area contributed by atoms with E-state index in [0.29, 0.717) is 17.8 Å². The number of amides is 1. The number of hydrogen-bond donors (Lipinski definition) is 0. The summed E-state index contributed by atoms with van der Waals surface area (Å²) in [6, 6.07) is 9.74. The molecule has 2 aromatic rings. The van der Waals surface area contributed by atoms with E-state index in [1.54, 1.807) is 13.0 Å². The van der Waals surface area contributed by atoms with Crippen LogP contribution in [0, 0.1) is 12.7 Å². The Kier molecular flexibility index (Phi) is 6.55. The number of aromatic nitrogens is 2. The molecule has 2 saturated heterocycles. The molecule has 2 aliphatic heterocycles. The Bertz CT molecular complexity index is 963. The predicted octanol–water partition coefficient (Wildman–Crippen LogP) is 2.41. The molecule has 1 aromatic heterocycles. The van der Waals surface area contributed by atoms with Gasteiger partial charge in [-0.3, -0.25) is 14.6 Å². The Morgan fingerprint density at radius 3 is 2.33 bits per heavy atom. The van der Waals surface area contributed by atoms with Gasteiger partial charge in [0.05, 0.1) is 12.2 Å². The van der Waals surface area contributed by atoms with Crippen LogP contribution in [0.4, 0.5) is 10.2 Å². The van der Waals surface area contributed by atoms with Gasteiger partial charge in [-0.2, -0.15) is 0 Å². The van der Waals surface area contributed by atoms with Gasteiger partial charge in [-0.1, -0.05) is 18.6 Å². The fourth-order valence-electron chi connectivity index (χ4n) is 4.91. The van der Waals surface area contributed by atoms with Crippen molar-refractivity contribution in [1.29, 1.82) is 0 Å².